The van der Waals surface area contributed by atoms with Crippen LogP contribution >= 0.6 is 0 Å². The van der Waals surface area contributed by atoms with Gasteiger partial charge in [-0.2, -0.15) is 10.5 Å². The average molecular weight is 212 g/mol. The molecule has 2 heteroatoms. The summed E-state index contributed by atoms with van der Waals surface area (Å²) in [4.78, 5) is 0. The minimum atomic E-state index is 0.372. The van der Waals surface area contributed by atoms with Gasteiger partial charge < -0.3 is 0 Å². The van der Waals surface area contributed by atoms with Crippen molar-refractivity contribution in [3.05, 3.63) is 34.4 Å². The summed E-state index contributed by atoms with van der Waals surface area (Å²) in [5.74, 6) is 0.745. The minimum Gasteiger partial charge on any atom is -0.192 e. The van der Waals surface area contributed by atoms with Crippen LogP contribution in [0.1, 0.15) is 61.8 Å². The lowest BCUT2D eigenvalue weighted by Crippen LogP contribution is -2.01. The molecule has 16 heavy (non-hydrogen) atoms. The van der Waals surface area contributed by atoms with Crippen LogP contribution in [-0.4, -0.2) is 0 Å². The molecule has 82 valence electrons. The van der Waals surface area contributed by atoms with Crippen molar-refractivity contribution < 1.29 is 0 Å². The molecule has 0 unspecified atom stereocenters. The van der Waals surface area contributed by atoms with Crippen LogP contribution in [-0.2, 0) is 0 Å². The molecule has 0 aliphatic rings. The van der Waals surface area contributed by atoms with Crippen LogP contribution in [0.3, 0.4) is 0 Å². The summed E-state index contributed by atoms with van der Waals surface area (Å²) in [6.45, 7) is 8.42. The van der Waals surface area contributed by atoms with E-state index in [1.807, 2.05) is 12.1 Å². The number of hydrogen-bond donors (Lipinski definition) is 0. The van der Waals surface area contributed by atoms with Gasteiger partial charge in [-0.25, -0.2) is 0 Å². The molecule has 1 rings (SSSR count). The first-order chi connectivity index (χ1) is 7.51. The van der Waals surface area contributed by atoms with E-state index in [1.165, 1.54) is 11.1 Å². The molecule has 0 spiro atoms. The molecule has 0 aliphatic carbocycles. The van der Waals surface area contributed by atoms with Gasteiger partial charge in [-0.1, -0.05) is 27.7 Å². The fourth-order valence-corrected chi connectivity index (χ4v) is 1.82. The fourth-order valence-electron chi connectivity index (χ4n) is 1.82. The number of rotatable bonds is 2. The first-order valence-corrected chi connectivity index (χ1v) is 5.49. The van der Waals surface area contributed by atoms with Gasteiger partial charge in [0, 0.05) is 0 Å². The van der Waals surface area contributed by atoms with Gasteiger partial charge in [0.15, 0.2) is 0 Å². The van der Waals surface area contributed by atoms with E-state index in [-0.39, 0.29) is 0 Å². The quantitative estimate of drug-likeness (QED) is 0.750. The first-order valence-electron chi connectivity index (χ1n) is 5.49. The Bertz CT molecular complexity index is 426. The summed E-state index contributed by atoms with van der Waals surface area (Å²) in [5.41, 5.74) is 3.31. The standard InChI is InChI=1S/C14H16N2/c1-9(2)13-5-11(7-15)12(8-16)6-14(13)10(3)4/h5-6,9-10H,1-4H3. The number of nitrogens with zero attached hydrogens (tertiary/aromatic N) is 2. The summed E-state index contributed by atoms with van der Waals surface area (Å²) in [5, 5.41) is 18.0. The van der Waals surface area contributed by atoms with E-state index in [4.69, 9.17) is 10.5 Å². The second-order valence-corrected chi connectivity index (χ2v) is 4.56. The Kier molecular flexibility index (Phi) is 3.69. The van der Waals surface area contributed by atoms with E-state index in [0.29, 0.717) is 23.0 Å². The van der Waals surface area contributed by atoms with Gasteiger partial charge in [0.2, 0.25) is 0 Å². The summed E-state index contributed by atoms with van der Waals surface area (Å²) in [7, 11) is 0. The number of nitriles is 2. The molecule has 0 radical (unpaired) electrons. The van der Waals surface area contributed by atoms with Crippen molar-refractivity contribution in [1.82, 2.24) is 0 Å². The Morgan fingerprint density at radius 1 is 0.812 bits per heavy atom. The van der Waals surface area contributed by atoms with Crippen LogP contribution in [0.15, 0.2) is 12.1 Å². The van der Waals surface area contributed by atoms with E-state index in [0.717, 1.165) is 0 Å². The molecule has 0 amide bonds. The molecule has 0 N–H and O–H groups in total. The Balaban J connectivity index is 3.51. The zero-order valence-corrected chi connectivity index (χ0v) is 10.2. The van der Waals surface area contributed by atoms with Gasteiger partial charge in [0.05, 0.1) is 11.1 Å². The normalized spacial score (nSPS) is 10.2. The van der Waals surface area contributed by atoms with Crippen molar-refractivity contribution in [3.8, 4) is 12.1 Å². The minimum absolute atomic E-state index is 0.372. The Morgan fingerprint density at radius 3 is 1.31 bits per heavy atom. The van der Waals surface area contributed by atoms with Crippen molar-refractivity contribution >= 4 is 0 Å². The van der Waals surface area contributed by atoms with Gasteiger partial charge in [-0.15, -0.1) is 0 Å². The van der Waals surface area contributed by atoms with Gasteiger partial charge >= 0.3 is 0 Å². The van der Waals surface area contributed by atoms with Gasteiger partial charge in [0.25, 0.3) is 0 Å². The highest BCUT2D eigenvalue weighted by atomic mass is 14.3. The molecule has 0 atom stereocenters. The van der Waals surface area contributed by atoms with E-state index in [2.05, 4.69) is 39.8 Å². The van der Waals surface area contributed by atoms with Crippen LogP contribution < -0.4 is 0 Å². The molecule has 0 heterocycles. The summed E-state index contributed by atoms with van der Waals surface area (Å²) in [6, 6.07) is 7.89. The van der Waals surface area contributed by atoms with Gasteiger partial charge in [-0.3, -0.25) is 0 Å². The predicted octanol–water partition coefficient (Wildman–Crippen LogP) is 3.68. The fraction of sp³-hybridized carbons (Fsp3) is 0.429. The number of hydrogen-bond acceptors (Lipinski definition) is 2. The predicted molar refractivity (Wildman–Crippen MR) is 64.1 cm³/mol. The molecule has 0 aromatic heterocycles. The molecular weight excluding hydrogens is 196 g/mol. The van der Waals surface area contributed by atoms with E-state index in [9.17, 15) is 0 Å². The maximum Gasteiger partial charge on any atom is 0.101 e. The third-order valence-corrected chi connectivity index (χ3v) is 2.71. The third-order valence-electron chi connectivity index (χ3n) is 2.71. The second kappa shape index (κ2) is 4.81. The van der Waals surface area contributed by atoms with E-state index < -0.39 is 0 Å². The van der Waals surface area contributed by atoms with Gasteiger partial charge in [-0.05, 0) is 35.1 Å². The highest BCUT2D eigenvalue weighted by Gasteiger charge is 2.14. The van der Waals surface area contributed by atoms with Gasteiger partial charge in [0.1, 0.15) is 12.1 Å². The van der Waals surface area contributed by atoms with Crippen LogP contribution in [0.2, 0.25) is 0 Å². The van der Waals surface area contributed by atoms with Crippen molar-refractivity contribution in [2.75, 3.05) is 0 Å². The molecule has 0 bridgehead atoms. The van der Waals surface area contributed by atoms with Crippen molar-refractivity contribution in [2.24, 2.45) is 0 Å². The van der Waals surface area contributed by atoms with Crippen LogP contribution in [0.25, 0.3) is 0 Å². The maximum absolute atomic E-state index is 8.98. The molecule has 0 saturated heterocycles. The molecule has 0 fully saturated rings. The maximum atomic E-state index is 8.98. The highest BCUT2D eigenvalue weighted by molar-refractivity contribution is 5.52. The Labute approximate surface area is 97.1 Å². The van der Waals surface area contributed by atoms with E-state index >= 15 is 0 Å². The largest absolute Gasteiger partial charge is 0.192 e. The Hall–Kier alpha value is -1.80. The average Bonchev–Trinajstić information content (AvgIpc) is 2.26. The smallest absolute Gasteiger partial charge is 0.101 e. The topological polar surface area (TPSA) is 47.6 Å². The van der Waals surface area contributed by atoms with Crippen molar-refractivity contribution in [1.29, 1.82) is 10.5 Å². The molecule has 2 nitrogen and oxygen atoms in total. The van der Waals surface area contributed by atoms with Crippen LogP contribution in [0.4, 0.5) is 0 Å². The lowest BCUT2D eigenvalue weighted by Gasteiger charge is -2.16. The molecule has 1 aromatic carbocycles. The molecule has 0 aliphatic heterocycles. The lowest BCUT2D eigenvalue weighted by atomic mass is 9.87. The Morgan fingerprint density at radius 2 is 1.12 bits per heavy atom. The molecule has 1 aromatic rings. The summed E-state index contributed by atoms with van der Waals surface area (Å²) < 4.78 is 0. The van der Waals surface area contributed by atoms with Crippen molar-refractivity contribution in [3.63, 3.8) is 0 Å². The van der Waals surface area contributed by atoms with E-state index in [1.54, 1.807) is 0 Å². The summed E-state index contributed by atoms with van der Waals surface area (Å²) in [6.07, 6.45) is 0. The highest BCUT2D eigenvalue weighted by Crippen LogP contribution is 2.28. The summed E-state index contributed by atoms with van der Waals surface area (Å²) >= 11 is 0. The number of benzene rings is 1. The zero-order chi connectivity index (χ0) is 12.3. The molecule has 0 saturated carbocycles. The SMILES string of the molecule is CC(C)c1cc(C#N)c(C#N)cc1C(C)C. The molecular formula is C14H16N2. The first kappa shape index (κ1) is 12.3. The van der Waals surface area contributed by atoms with Crippen molar-refractivity contribution in [2.45, 2.75) is 39.5 Å². The zero-order valence-electron chi connectivity index (χ0n) is 10.2. The third kappa shape index (κ3) is 2.23. The monoisotopic (exact) mass is 212 g/mol. The second-order valence-electron chi connectivity index (χ2n) is 4.56. The van der Waals surface area contributed by atoms with Crippen LogP contribution in [0.5, 0.6) is 0 Å². The lowest BCUT2D eigenvalue weighted by molar-refractivity contribution is 0.789. The van der Waals surface area contributed by atoms with Crippen LogP contribution in [0, 0.1) is 22.7 Å².